The molecule has 5 heteroatoms. The highest BCUT2D eigenvalue weighted by atomic mass is 16.8. The van der Waals surface area contributed by atoms with Crippen LogP contribution in [0, 0.1) is 6.92 Å². The van der Waals surface area contributed by atoms with Crippen LogP contribution in [0.5, 0.6) is 0 Å². The molecular weight excluding hydrogens is 234 g/mol. The Hall–Kier alpha value is -1.43. The molecule has 1 saturated heterocycles. The topological polar surface area (TPSA) is 56.8 Å². The lowest BCUT2D eigenvalue weighted by atomic mass is 9.99. The number of hydrogen-bond acceptors (Lipinski definition) is 5. The second-order valence-corrected chi connectivity index (χ2v) is 4.34. The molecule has 1 aromatic carbocycles. The lowest BCUT2D eigenvalue weighted by molar-refractivity contribution is -0.235. The van der Waals surface area contributed by atoms with E-state index >= 15 is 0 Å². The molecule has 1 aliphatic heterocycles. The third-order valence-corrected chi connectivity index (χ3v) is 3.14. The summed E-state index contributed by atoms with van der Waals surface area (Å²) in [6, 6.07) is 7.94. The molecule has 1 aromatic rings. The molecule has 5 nitrogen and oxygen atoms in total. The number of benzene rings is 1. The van der Waals surface area contributed by atoms with Crippen LogP contribution in [-0.4, -0.2) is 26.0 Å². The van der Waals surface area contributed by atoms with E-state index in [1.165, 1.54) is 19.8 Å². The monoisotopic (exact) mass is 251 g/mol. The van der Waals surface area contributed by atoms with Crippen LogP contribution in [-0.2, 0) is 19.1 Å². The minimum absolute atomic E-state index is 0.0929. The number of carbonyl (C=O) groups is 1. The first-order chi connectivity index (χ1) is 8.61. The van der Waals surface area contributed by atoms with Gasteiger partial charge in [0.05, 0.1) is 13.2 Å². The van der Waals surface area contributed by atoms with Gasteiger partial charge in [0.1, 0.15) is 0 Å². The van der Waals surface area contributed by atoms with E-state index in [0.717, 1.165) is 5.56 Å². The van der Waals surface area contributed by atoms with Crippen molar-refractivity contribution in [2.45, 2.75) is 25.2 Å². The maximum Gasteiger partial charge on any atom is 0.368 e. The Bertz CT molecular complexity index is 431. The van der Waals surface area contributed by atoms with Crippen molar-refractivity contribution in [3.8, 4) is 0 Å². The second kappa shape index (κ2) is 5.06. The molecule has 2 rings (SSSR count). The van der Waals surface area contributed by atoms with Crippen molar-refractivity contribution < 1.29 is 19.1 Å². The number of hydrogen-bond donors (Lipinski definition) is 1. The van der Waals surface area contributed by atoms with E-state index in [2.05, 4.69) is 5.48 Å². The first-order valence-corrected chi connectivity index (χ1v) is 5.75. The Kier molecular flexibility index (Phi) is 3.65. The van der Waals surface area contributed by atoms with E-state index < -0.39 is 11.8 Å². The molecule has 2 atom stereocenters. The Labute approximate surface area is 106 Å². The molecule has 98 valence electrons. The fraction of sp³-hybridized carbons (Fsp3) is 0.462. The number of nitrogens with one attached hydrogen (secondary N) is 1. The minimum Gasteiger partial charge on any atom is -0.465 e. The molecule has 1 unspecified atom stereocenters. The molecule has 18 heavy (non-hydrogen) atoms. The van der Waals surface area contributed by atoms with Gasteiger partial charge in [-0.1, -0.05) is 29.8 Å². The lowest BCUT2D eigenvalue weighted by Crippen LogP contribution is -2.41. The van der Waals surface area contributed by atoms with Gasteiger partial charge in [0.25, 0.3) is 5.79 Å². The molecule has 1 fully saturated rings. The van der Waals surface area contributed by atoms with Crippen LogP contribution in [0.3, 0.4) is 0 Å². The van der Waals surface area contributed by atoms with E-state index in [-0.39, 0.29) is 6.04 Å². The minimum atomic E-state index is -1.36. The molecule has 0 amide bonds. The summed E-state index contributed by atoms with van der Waals surface area (Å²) < 4.78 is 9.87. The van der Waals surface area contributed by atoms with E-state index in [1.807, 2.05) is 31.2 Å². The standard InChI is InChI=1S/C13H17NO4/c1-9-4-6-10(7-5-9)11-8-13(17-3,18-14-11)12(15)16-2/h4-7,11,14H,8H2,1-3H3/t11-,13?/m0/s1. The number of hydroxylamine groups is 1. The number of rotatable bonds is 3. The zero-order valence-electron chi connectivity index (χ0n) is 10.7. The maximum absolute atomic E-state index is 11.7. The van der Waals surface area contributed by atoms with Gasteiger partial charge in [0, 0.05) is 13.5 Å². The van der Waals surface area contributed by atoms with Crippen molar-refractivity contribution in [3.63, 3.8) is 0 Å². The number of methoxy groups -OCH3 is 2. The van der Waals surface area contributed by atoms with Crippen LogP contribution in [0.4, 0.5) is 0 Å². The zero-order chi connectivity index (χ0) is 13.2. The van der Waals surface area contributed by atoms with Gasteiger partial charge in [0.2, 0.25) is 0 Å². The van der Waals surface area contributed by atoms with Crippen LogP contribution in [0.25, 0.3) is 0 Å². The average molecular weight is 251 g/mol. The summed E-state index contributed by atoms with van der Waals surface area (Å²) >= 11 is 0. The number of aryl methyl sites for hydroxylation is 1. The molecule has 0 aliphatic carbocycles. The average Bonchev–Trinajstić information content (AvgIpc) is 2.84. The quantitative estimate of drug-likeness (QED) is 0.824. The SMILES string of the molecule is COC(=O)C1(OC)C[C@@H](c2ccc(C)cc2)NO1. The fourth-order valence-corrected chi connectivity index (χ4v) is 1.99. The maximum atomic E-state index is 11.7. The smallest absolute Gasteiger partial charge is 0.368 e. The summed E-state index contributed by atoms with van der Waals surface area (Å²) in [5.74, 6) is -1.89. The third-order valence-electron chi connectivity index (χ3n) is 3.14. The van der Waals surface area contributed by atoms with E-state index in [4.69, 9.17) is 14.3 Å². The van der Waals surface area contributed by atoms with E-state index in [1.54, 1.807) is 0 Å². The molecule has 0 saturated carbocycles. The Morgan fingerprint density at radius 2 is 2.06 bits per heavy atom. The molecule has 0 bridgehead atoms. The van der Waals surface area contributed by atoms with Crippen molar-refractivity contribution in [1.82, 2.24) is 5.48 Å². The van der Waals surface area contributed by atoms with Gasteiger partial charge in [0.15, 0.2) is 0 Å². The molecular formula is C13H17NO4. The summed E-state index contributed by atoms with van der Waals surface area (Å²) in [6.07, 6.45) is 0.374. The highest BCUT2D eigenvalue weighted by molar-refractivity contribution is 5.78. The van der Waals surface area contributed by atoms with Crippen molar-refractivity contribution >= 4 is 5.97 Å². The summed E-state index contributed by atoms with van der Waals surface area (Å²) in [4.78, 5) is 17.0. The first kappa shape index (κ1) is 13.0. The van der Waals surface area contributed by atoms with Crippen LogP contribution in [0.1, 0.15) is 23.6 Å². The number of ether oxygens (including phenoxy) is 2. The van der Waals surface area contributed by atoms with Gasteiger partial charge in [-0.3, -0.25) is 4.84 Å². The van der Waals surface area contributed by atoms with Gasteiger partial charge < -0.3 is 9.47 Å². The third kappa shape index (κ3) is 2.25. The molecule has 1 N–H and O–H groups in total. The lowest BCUT2D eigenvalue weighted by Gasteiger charge is -2.21. The molecule has 0 spiro atoms. The van der Waals surface area contributed by atoms with Crippen molar-refractivity contribution in [3.05, 3.63) is 35.4 Å². The van der Waals surface area contributed by atoms with Gasteiger partial charge in [-0.2, -0.15) is 5.48 Å². The van der Waals surface area contributed by atoms with Gasteiger partial charge in [-0.25, -0.2) is 4.79 Å². The largest absolute Gasteiger partial charge is 0.465 e. The predicted molar refractivity (Wildman–Crippen MR) is 64.5 cm³/mol. The normalized spacial score (nSPS) is 27.2. The zero-order valence-corrected chi connectivity index (χ0v) is 10.7. The summed E-state index contributed by atoms with van der Waals surface area (Å²) in [5, 5.41) is 0. The molecule has 0 aromatic heterocycles. The Morgan fingerprint density at radius 3 is 2.61 bits per heavy atom. The van der Waals surface area contributed by atoms with Gasteiger partial charge in [-0.15, -0.1) is 0 Å². The fourth-order valence-electron chi connectivity index (χ4n) is 1.99. The summed E-state index contributed by atoms with van der Waals surface area (Å²) in [6.45, 7) is 2.02. The highest BCUT2D eigenvalue weighted by Crippen LogP contribution is 2.34. The van der Waals surface area contributed by atoms with Crippen molar-refractivity contribution in [1.29, 1.82) is 0 Å². The highest BCUT2D eigenvalue weighted by Gasteiger charge is 2.49. The number of esters is 1. The van der Waals surface area contributed by atoms with E-state index in [9.17, 15) is 4.79 Å². The van der Waals surface area contributed by atoms with Gasteiger partial charge in [-0.05, 0) is 12.5 Å². The first-order valence-electron chi connectivity index (χ1n) is 5.75. The summed E-state index contributed by atoms with van der Waals surface area (Å²) in [5.41, 5.74) is 5.05. The van der Waals surface area contributed by atoms with Crippen molar-refractivity contribution in [2.75, 3.05) is 14.2 Å². The Balaban J connectivity index is 2.16. The van der Waals surface area contributed by atoms with Crippen LogP contribution < -0.4 is 5.48 Å². The number of carbonyl (C=O) groups excluding carboxylic acids is 1. The molecule has 1 heterocycles. The van der Waals surface area contributed by atoms with Crippen molar-refractivity contribution in [2.24, 2.45) is 0 Å². The Morgan fingerprint density at radius 1 is 1.39 bits per heavy atom. The summed E-state index contributed by atoms with van der Waals surface area (Å²) in [7, 11) is 2.74. The predicted octanol–water partition coefficient (Wildman–Crippen LogP) is 1.48. The van der Waals surface area contributed by atoms with Crippen LogP contribution in [0.15, 0.2) is 24.3 Å². The van der Waals surface area contributed by atoms with Crippen LogP contribution in [0.2, 0.25) is 0 Å². The van der Waals surface area contributed by atoms with E-state index in [0.29, 0.717) is 6.42 Å². The molecule has 0 radical (unpaired) electrons. The molecule has 1 aliphatic rings. The van der Waals surface area contributed by atoms with Gasteiger partial charge >= 0.3 is 5.97 Å². The van der Waals surface area contributed by atoms with Crippen LogP contribution >= 0.6 is 0 Å². The second-order valence-electron chi connectivity index (χ2n) is 4.34.